The zero-order valence-electron chi connectivity index (χ0n) is 9.41. The molecule has 3 N–H and O–H groups in total. The largest absolute Gasteiger partial charge is 0.507 e. The molecule has 0 aliphatic rings. The number of hydrogen-bond acceptors (Lipinski definition) is 5. The van der Waals surface area contributed by atoms with Crippen molar-refractivity contribution in [2.45, 2.75) is 0 Å². The van der Waals surface area contributed by atoms with E-state index in [1.165, 1.54) is 6.07 Å². The normalized spacial score (nSPS) is 11.4. The quantitative estimate of drug-likeness (QED) is 0.735. The SMILES string of the molecule is CNc1ccc2cc(OS(=O)(=O)O)cc(O)c2c1. The summed E-state index contributed by atoms with van der Waals surface area (Å²) >= 11 is 0. The standard InChI is InChI=1S/C11H11NO5S/c1-12-8-3-2-7-4-9(17-18(14,15)16)6-11(13)10(7)5-8/h2-6,12-13H,1H3,(H,14,15,16). The second kappa shape index (κ2) is 4.35. The lowest BCUT2D eigenvalue weighted by atomic mass is 10.1. The van der Waals surface area contributed by atoms with Gasteiger partial charge in [-0.25, -0.2) is 0 Å². The van der Waals surface area contributed by atoms with Gasteiger partial charge in [-0.1, -0.05) is 6.07 Å². The van der Waals surface area contributed by atoms with Crippen molar-refractivity contribution >= 4 is 26.9 Å². The third kappa shape index (κ3) is 2.63. The van der Waals surface area contributed by atoms with Crippen LogP contribution in [-0.4, -0.2) is 25.1 Å². The molecule has 0 fully saturated rings. The Morgan fingerprint density at radius 1 is 1.22 bits per heavy atom. The fourth-order valence-electron chi connectivity index (χ4n) is 1.64. The number of anilines is 1. The molecule has 7 heteroatoms. The third-order valence-corrected chi connectivity index (χ3v) is 2.80. The van der Waals surface area contributed by atoms with Crippen LogP contribution in [0.25, 0.3) is 10.8 Å². The van der Waals surface area contributed by atoms with Gasteiger partial charge in [-0.3, -0.25) is 4.55 Å². The lowest BCUT2D eigenvalue weighted by molar-refractivity contribution is 0.386. The van der Waals surface area contributed by atoms with Crippen molar-refractivity contribution in [2.75, 3.05) is 12.4 Å². The van der Waals surface area contributed by atoms with Crippen LogP contribution in [0, 0.1) is 0 Å². The van der Waals surface area contributed by atoms with Gasteiger partial charge in [-0.15, -0.1) is 0 Å². The fraction of sp³-hybridized carbons (Fsp3) is 0.0909. The zero-order chi connectivity index (χ0) is 13.3. The predicted molar refractivity (Wildman–Crippen MR) is 67.3 cm³/mol. The zero-order valence-corrected chi connectivity index (χ0v) is 10.2. The van der Waals surface area contributed by atoms with Crippen molar-refractivity contribution in [3.63, 3.8) is 0 Å². The first-order chi connectivity index (χ1) is 8.39. The van der Waals surface area contributed by atoms with Gasteiger partial charge in [0.2, 0.25) is 0 Å². The number of benzene rings is 2. The number of hydrogen-bond donors (Lipinski definition) is 3. The molecule has 0 saturated heterocycles. The van der Waals surface area contributed by atoms with Crippen molar-refractivity contribution in [3.8, 4) is 11.5 Å². The van der Waals surface area contributed by atoms with E-state index in [4.69, 9.17) is 4.55 Å². The van der Waals surface area contributed by atoms with Crippen molar-refractivity contribution in [3.05, 3.63) is 30.3 Å². The maximum Gasteiger partial charge on any atom is 0.446 e. The van der Waals surface area contributed by atoms with Gasteiger partial charge in [0, 0.05) is 24.2 Å². The second-order valence-electron chi connectivity index (χ2n) is 3.64. The highest BCUT2D eigenvalue weighted by Crippen LogP contribution is 2.32. The van der Waals surface area contributed by atoms with Gasteiger partial charge in [0.05, 0.1) is 0 Å². The Kier molecular flexibility index (Phi) is 3.02. The number of aromatic hydroxyl groups is 1. The summed E-state index contributed by atoms with van der Waals surface area (Å²) in [5, 5.41) is 13.8. The van der Waals surface area contributed by atoms with Crippen LogP contribution in [0.15, 0.2) is 30.3 Å². The van der Waals surface area contributed by atoms with E-state index in [2.05, 4.69) is 9.50 Å². The molecule has 2 rings (SSSR count). The smallest absolute Gasteiger partial charge is 0.446 e. The average molecular weight is 269 g/mol. The first-order valence-corrected chi connectivity index (χ1v) is 6.37. The third-order valence-electron chi connectivity index (χ3n) is 2.40. The van der Waals surface area contributed by atoms with E-state index in [9.17, 15) is 13.5 Å². The fourth-order valence-corrected chi connectivity index (χ4v) is 1.98. The molecule has 2 aromatic carbocycles. The molecule has 96 valence electrons. The molecule has 0 heterocycles. The number of fused-ring (bicyclic) bond motifs is 1. The summed E-state index contributed by atoms with van der Waals surface area (Å²) in [5.74, 6) is -0.289. The van der Waals surface area contributed by atoms with Crippen molar-refractivity contribution in [1.29, 1.82) is 0 Å². The van der Waals surface area contributed by atoms with Crippen molar-refractivity contribution < 1.29 is 22.3 Å². The molecular formula is C11H11NO5S. The molecule has 0 spiro atoms. The minimum absolute atomic E-state index is 0.136. The molecule has 6 nitrogen and oxygen atoms in total. The molecular weight excluding hydrogens is 258 g/mol. The van der Waals surface area contributed by atoms with Gasteiger partial charge in [0.25, 0.3) is 0 Å². The van der Waals surface area contributed by atoms with Crippen molar-refractivity contribution in [1.82, 2.24) is 0 Å². The van der Waals surface area contributed by atoms with Crippen LogP contribution in [-0.2, 0) is 10.4 Å². The van der Waals surface area contributed by atoms with Crippen LogP contribution in [0.3, 0.4) is 0 Å². The number of phenols is 1. The highest BCUT2D eigenvalue weighted by atomic mass is 32.3. The predicted octanol–water partition coefficient (Wildman–Crippen LogP) is 1.77. The topological polar surface area (TPSA) is 95.9 Å². The van der Waals surface area contributed by atoms with Crippen LogP contribution in [0.4, 0.5) is 5.69 Å². The van der Waals surface area contributed by atoms with Crippen LogP contribution < -0.4 is 9.50 Å². The lowest BCUT2D eigenvalue weighted by Crippen LogP contribution is -2.06. The maximum absolute atomic E-state index is 10.6. The van der Waals surface area contributed by atoms with Gasteiger partial charge in [-0.2, -0.15) is 8.42 Å². The van der Waals surface area contributed by atoms with E-state index >= 15 is 0 Å². The van der Waals surface area contributed by atoms with Crippen LogP contribution in [0.2, 0.25) is 0 Å². The Hall–Kier alpha value is -1.99. The molecule has 0 unspecified atom stereocenters. The summed E-state index contributed by atoms with van der Waals surface area (Å²) in [4.78, 5) is 0. The average Bonchev–Trinajstić information content (AvgIpc) is 2.26. The Balaban J connectivity index is 2.56. The van der Waals surface area contributed by atoms with Gasteiger partial charge in [-0.05, 0) is 23.6 Å². The Bertz CT molecular complexity index is 696. The minimum Gasteiger partial charge on any atom is -0.507 e. The van der Waals surface area contributed by atoms with E-state index in [0.717, 1.165) is 11.8 Å². The van der Waals surface area contributed by atoms with E-state index in [1.54, 1.807) is 25.2 Å². The van der Waals surface area contributed by atoms with Crippen LogP contribution in [0.1, 0.15) is 0 Å². The summed E-state index contributed by atoms with van der Waals surface area (Å²) in [6.07, 6.45) is 0. The van der Waals surface area contributed by atoms with Gasteiger partial charge in [0.15, 0.2) is 0 Å². The first-order valence-electron chi connectivity index (χ1n) is 5.00. The summed E-state index contributed by atoms with van der Waals surface area (Å²) in [5.41, 5.74) is 0.807. The maximum atomic E-state index is 10.6. The summed E-state index contributed by atoms with van der Waals surface area (Å²) in [6.45, 7) is 0. The minimum atomic E-state index is -4.60. The molecule has 0 radical (unpaired) electrons. The number of phenolic OH excluding ortho intramolecular Hbond substituents is 1. The second-order valence-corrected chi connectivity index (χ2v) is 4.66. The van der Waals surface area contributed by atoms with Gasteiger partial charge < -0.3 is 14.6 Å². The summed E-state index contributed by atoms with van der Waals surface area (Å²) in [6, 6.07) is 7.69. The molecule has 0 aliphatic heterocycles. The molecule has 0 aromatic heterocycles. The van der Waals surface area contributed by atoms with E-state index in [1.807, 2.05) is 0 Å². The Morgan fingerprint density at radius 2 is 1.94 bits per heavy atom. The van der Waals surface area contributed by atoms with Crippen molar-refractivity contribution in [2.24, 2.45) is 0 Å². The molecule has 2 aromatic rings. The van der Waals surface area contributed by atoms with Crippen LogP contribution >= 0.6 is 0 Å². The Labute approximate surface area is 104 Å². The van der Waals surface area contributed by atoms with Crippen LogP contribution in [0.5, 0.6) is 11.5 Å². The molecule has 0 amide bonds. The van der Waals surface area contributed by atoms with E-state index < -0.39 is 10.4 Å². The summed E-state index contributed by atoms with van der Waals surface area (Å²) in [7, 11) is -2.85. The van der Waals surface area contributed by atoms with Gasteiger partial charge in [0.1, 0.15) is 11.5 Å². The number of rotatable bonds is 3. The van der Waals surface area contributed by atoms with E-state index in [-0.39, 0.29) is 11.5 Å². The Morgan fingerprint density at radius 3 is 2.56 bits per heavy atom. The molecule has 18 heavy (non-hydrogen) atoms. The highest BCUT2D eigenvalue weighted by molar-refractivity contribution is 7.81. The first kappa shape index (κ1) is 12.5. The number of nitrogens with one attached hydrogen (secondary N) is 1. The molecule has 0 aliphatic carbocycles. The summed E-state index contributed by atoms with van der Waals surface area (Å²) < 4.78 is 34.1. The molecule has 0 atom stereocenters. The highest BCUT2D eigenvalue weighted by Gasteiger charge is 2.10. The lowest BCUT2D eigenvalue weighted by Gasteiger charge is -2.07. The van der Waals surface area contributed by atoms with E-state index in [0.29, 0.717) is 10.8 Å². The van der Waals surface area contributed by atoms with Gasteiger partial charge >= 0.3 is 10.4 Å². The molecule has 0 saturated carbocycles. The molecule has 0 bridgehead atoms. The monoisotopic (exact) mass is 269 g/mol.